The second-order valence-corrected chi connectivity index (χ2v) is 3.71. The Labute approximate surface area is 101 Å². The standard InChI is InChI=1S/C13H16N2O2/c1-10(12-6-4-3-5-7-12)8-9-14-15-11(2)13(16)17/h3-8,11H,9H2,1-2H3,(H,16,17). The van der Waals surface area contributed by atoms with Crippen LogP contribution in [0.5, 0.6) is 0 Å². The number of benzene rings is 1. The van der Waals surface area contributed by atoms with Gasteiger partial charge in [0.25, 0.3) is 0 Å². The molecular weight excluding hydrogens is 216 g/mol. The third kappa shape index (κ3) is 4.59. The third-order valence-electron chi connectivity index (χ3n) is 2.32. The Morgan fingerprint density at radius 2 is 2.06 bits per heavy atom. The number of carboxylic acid groups (broad SMARTS) is 1. The van der Waals surface area contributed by atoms with E-state index in [1.807, 2.05) is 43.3 Å². The van der Waals surface area contributed by atoms with Gasteiger partial charge in [0.15, 0.2) is 6.04 Å². The Hall–Kier alpha value is -1.97. The van der Waals surface area contributed by atoms with E-state index in [2.05, 4.69) is 10.2 Å². The molecular formula is C13H16N2O2. The first kappa shape index (κ1) is 13.1. The molecule has 4 nitrogen and oxygen atoms in total. The van der Waals surface area contributed by atoms with Gasteiger partial charge < -0.3 is 5.11 Å². The van der Waals surface area contributed by atoms with Gasteiger partial charge in [-0.25, -0.2) is 4.79 Å². The van der Waals surface area contributed by atoms with E-state index in [9.17, 15) is 4.79 Å². The van der Waals surface area contributed by atoms with E-state index in [4.69, 9.17) is 5.11 Å². The Balaban J connectivity index is 2.52. The molecule has 0 bridgehead atoms. The fraction of sp³-hybridized carbons (Fsp3) is 0.308. The minimum absolute atomic E-state index is 0.401. The van der Waals surface area contributed by atoms with Crippen LogP contribution in [0.3, 0.4) is 0 Å². The van der Waals surface area contributed by atoms with Gasteiger partial charge in [-0.1, -0.05) is 36.4 Å². The zero-order valence-corrected chi connectivity index (χ0v) is 10.00. The number of aliphatic carboxylic acids is 1. The van der Waals surface area contributed by atoms with Crippen molar-refractivity contribution in [3.8, 4) is 0 Å². The highest BCUT2D eigenvalue weighted by Crippen LogP contribution is 2.12. The predicted octanol–water partition coefficient (Wildman–Crippen LogP) is 3.02. The maximum absolute atomic E-state index is 10.5. The second kappa shape index (κ2) is 6.58. The van der Waals surface area contributed by atoms with Gasteiger partial charge in [-0.05, 0) is 25.0 Å². The van der Waals surface area contributed by atoms with Crippen LogP contribution in [0.4, 0.5) is 0 Å². The molecule has 0 aliphatic rings. The molecule has 1 aromatic carbocycles. The zero-order chi connectivity index (χ0) is 12.7. The van der Waals surface area contributed by atoms with Gasteiger partial charge >= 0.3 is 5.97 Å². The summed E-state index contributed by atoms with van der Waals surface area (Å²) in [5.74, 6) is -0.961. The number of nitrogens with zero attached hydrogens (tertiary/aromatic N) is 2. The van der Waals surface area contributed by atoms with Crippen molar-refractivity contribution in [1.29, 1.82) is 0 Å². The maximum Gasteiger partial charge on any atom is 0.330 e. The van der Waals surface area contributed by atoms with Crippen molar-refractivity contribution < 1.29 is 9.90 Å². The lowest BCUT2D eigenvalue weighted by Gasteiger charge is -1.99. The van der Waals surface area contributed by atoms with E-state index in [1.165, 1.54) is 6.92 Å². The molecule has 0 aromatic heterocycles. The fourth-order valence-electron chi connectivity index (χ4n) is 1.22. The van der Waals surface area contributed by atoms with Gasteiger partial charge in [0, 0.05) is 0 Å². The molecule has 1 N–H and O–H groups in total. The molecule has 1 atom stereocenters. The van der Waals surface area contributed by atoms with Gasteiger partial charge in [0.1, 0.15) is 0 Å². The summed E-state index contributed by atoms with van der Waals surface area (Å²) in [5.41, 5.74) is 2.24. The molecule has 17 heavy (non-hydrogen) atoms. The van der Waals surface area contributed by atoms with Crippen molar-refractivity contribution in [2.75, 3.05) is 6.54 Å². The molecule has 0 radical (unpaired) electrons. The van der Waals surface area contributed by atoms with E-state index in [0.29, 0.717) is 6.54 Å². The Kier molecular flexibility index (Phi) is 5.07. The summed E-state index contributed by atoms with van der Waals surface area (Å²) in [6, 6.07) is 9.17. The monoisotopic (exact) mass is 232 g/mol. The number of allylic oxidation sites excluding steroid dienone is 1. The summed E-state index contributed by atoms with van der Waals surface area (Å²) < 4.78 is 0. The molecule has 1 unspecified atom stereocenters. The van der Waals surface area contributed by atoms with Crippen LogP contribution in [0.2, 0.25) is 0 Å². The first-order chi connectivity index (χ1) is 8.11. The summed E-state index contributed by atoms with van der Waals surface area (Å²) in [6.07, 6.45) is 1.92. The van der Waals surface area contributed by atoms with Crippen LogP contribution in [0.25, 0.3) is 5.57 Å². The molecule has 0 spiro atoms. The van der Waals surface area contributed by atoms with E-state index in [0.717, 1.165) is 11.1 Å². The topological polar surface area (TPSA) is 62.0 Å². The number of rotatable bonds is 5. The molecule has 0 fully saturated rings. The largest absolute Gasteiger partial charge is 0.480 e. The van der Waals surface area contributed by atoms with Crippen LogP contribution in [-0.2, 0) is 4.79 Å². The highest BCUT2D eigenvalue weighted by molar-refractivity contribution is 5.72. The van der Waals surface area contributed by atoms with Crippen molar-refractivity contribution in [2.45, 2.75) is 19.9 Å². The normalized spacial score (nSPS) is 13.9. The maximum atomic E-state index is 10.5. The lowest BCUT2D eigenvalue weighted by molar-refractivity contribution is -0.138. The van der Waals surface area contributed by atoms with Crippen LogP contribution in [0.1, 0.15) is 19.4 Å². The van der Waals surface area contributed by atoms with E-state index in [-0.39, 0.29) is 0 Å². The van der Waals surface area contributed by atoms with Crippen molar-refractivity contribution >= 4 is 11.5 Å². The first-order valence-electron chi connectivity index (χ1n) is 5.43. The minimum atomic E-state index is -0.961. The number of carboxylic acids is 1. The van der Waals surface area contributed by atoms with E-state index < -0.39 is 12.0 Å². The molecule has 90 valence electrons. The first-order valence-corrected chi connectivity index (χ1v) is 5.43. The number of azo groups is 1. The molecule has 0 aliphatic heterocycles. The van der Waals surface area contributed by atoms with Crippen LogP contribution in [0, 0.1) is 0 Å². The van der Waals surface area contributed by atoms with Gasteiger partial charge in [0.05, 0.1) is 6.54 Å². The van der Waals surface area contributed by atoms with Crippen LogP contribution >= 0.6 is 0 Å². The minimum Gasteiger partial charge on any atom is -0.480 e. The predicted molar refractivity (Wildman–Crippen MR) is 66.9 cm³/mol. The highest BCUT2D eigenvalue weighted by Gasteiger charge is 2.07. The van der Waals surface area contributed by atoms with Crippen molar-refractivity contribution in [3.63, 3.8) is 0 Å². The van der Waals surface area contributed by atoms with Gasteiger partial charge in [0.2, 0.25) is 0 Å². The number of carbonyl (C=O) groups is 1. The molecule has 0 saturated heterocycles. The highest BCUT2D eigenvalue weighted by atomic mass is 16.4. The molecule has 4 heteroatoms. The third-order valence-corrected chi connectivity index (χ3v) is 2.32. The number of hydrogen-bond acceptors (Lipinski definition) is 3. The molecule has 1 rings (SSSR count). The van der Waals surface area contributed by atoms with Crippen LogP contribution in [0.15, 0.2) is 46.6 Å². The molecule has 1 aromatic rings. The van der Waals surface area contributed by atoms with Crippen LogP contribution < -0.4 is 0 Å². The van der Waals surface area contributed by atoms with Crippen molar-refractivity contribution in [3.05, 3.63) is 42.0 Å². The SMILES string of the molecule is CC(=CCN=NC(C)C(=O)O)c1ccccc1. The van der Waals surface area contributed by atoms with Crippen molar-refractivity contribution in [2.24, 2.45) is 10.2 Å². The quantitative estimate of drug-likeness (QED) is 0.793. The smallest absolute Gasteiger partial charge is 0.330 e. The zero-order valence-electron chi connectivity index (χ0n) is 10.00. The molecule has 0 saturated carbocycles. The summed E-state index contributed by atoms with van der Waals surface area (Å²) in [6.45, 7) is 3.89. The average Bonchev–Trinajstić information content (AvgIpc) is 2.35. The van der Waals surface area contributed by atoms with Gasteiger partial charge in [-0.3, -0.25) is 0 Å². The summed E-state index contributed by atoms with van der Waals surface area (Å²) in [7, 11) is 0. The van der Waals surface area contributed by atoms with Crippen molar-refractivity contribution in [1.82, 2.24) is 0 Å². The summed E-state index contributed by atoms with van der Waals surface area (Å²) in [4.78, 5) is 10.5. The molecule has 0 heterocycles. The van der Waals surface area contributed by atoms with Gasteiger partial charge in [-0.2, -0.15) is 10.2 Å². The van der Waals surface area contributed by atoms with Gasteiger partial charge in [-0.15, -0.1) is 0 Å². The molecule has 0 amide bonds. The van der Waals surface area contributed by atoms with E-state index in [1.54, 1.807) is 0 Å². The summed E-state index contributed by atoms with van der Waals surface area (Å²) in [5, 5.41) is 16.1. The molecule has 0 aliphatic carbocycles. The Bertz CT molecular complexity index is 424. The summed E-state index contributed by atoms with van der Waals surface area (Å²) >= 11 is 0. The average molecular weight is 232 g/mol. The van der Waals surface area contributed by atoms with Crippen LogP contribution in [-0.4, -0.2) is 23.7 Å². The van der Waals surface area contributed by atoms with E-state index >= 15 is 0 Å². The lowest BCUT2D eigenvalue weighted by atomic mass is 10.1. The lowest BCUT2D eigenvalue weighted by Crippen LogP contribution is -2.12. The number of hydrogen-bond donors (Lipinski definition) is 1. The fourth-order valence-corrected chi connectivity index (χ4v) is 1.22. The Morgan fingerprint density at radius 1 is 1.41 bits per heavy atom. The second-order valence-electron chi connectivity index (χ2n) is 3.71. The Morgan fingerprint density at radius 3 is 2.65 bits per heavy atom.